The summed E-state index contributed by atoms with van der Waals surface area (Å²) in [5.41, 5.74) is 1.27. The Morgan fingerprint density at radius 1 is 1.28 bits per heavy atom. The zero-order valence-corrected chi connectivity index (χ0v) is 16.4. The van der Waals surface area contributed by atoms with E-state index in [1.165, 1.54) is 29.3 Å². The molecule has 0 aliphatic rings. The first kappa shape index (κ1) is 19.8. The Kier molecular flexibility index (Phi) is 6.49. The summed E-state index contributed by atoms with van der Waals surface area (Å²) in [6.45, 7) is 1.89. The van der Waals surface area contributed by atoms with Crippen molar-refractivity contribution in [2.45, 2.75) is 22.3 Å². The van der Waals surface area contributed by atoms with Crippen molar-refractivity contribution < 1.29 is 12.8 Å². The lowest BCUT2D eigenvalue weighted by Gasteiger charge is -2.22. The third-order valence-corrected chi connectivity index (χ3v) is 4.51. The molecule has 4 N–H and O–H groups in total. The summed E-state index contributed by atoms with van der Waals surface area (Å²) < 4.78 is 36.0. The molecule has 0 bridgehead atoms. The van der Waals surface area contributed by atoms with Crippen LogP contribution in [0.1, 0.15) is 12.5 Å². The lowest BCUT2D eigenvalue weighted by Crippen LogP contribution is -2.39. The number of benzene rings is 2. The molecule has 0 aromatic heterocycles. The van der Waals surface area contributed by atoms with Crippen LogP contribution in [0.2, 0.25) is 0 Å². The fourth-order valence-electron chi connectivity index (χ4n) is 2.17. The molecule has 0 radical (unpaired) electrons. The second-order valence-electron chi connectivity index (χ2n) is 5.33. The van der Waals surface area contributed by atoms with Crippen LogP contribution in [0.25, 0.3) is 0 Å². The molecule has 1 atom stereocenters. The number of anilines is 1. The molecule has 134 valence electrons. The van der Waals surface area contributed by atoms with Crippen LogP contribution in [0.3, 0.4) is 0 Å². The Labute approximate surface area is 159 Å². The largest absolute Gasteiger partial charge is 0.266 e. The van der Waals surface area contributed by atoms with E-state index >= 15 is 0 Å². The molecule has 0 aliphatic heterocycles. The van der Waals surface area contributed by atoms with Crippen molar-refractivity contribution in [2.75, 3.05) is 5.01 Å². The van der Waals surface area contributed by atoms with E-state index in [1.54, 1.807) is 24.3 Å². The molecule has 6 nitrogen and oxygen atoms in total. The third kappa shape index (κ3) is 5.73. The zero-order chi connectivity index (χ0) is 18.6. The number of amidine groups is 1. The highest BCUT2D eigenvalue weighted by molar-refractivity contribution is 14.1. The van der Waals surface area contributed by atoms with E-state index in [4.69, 9.17) is 11.0 Å². The van der Waals surface area contributed by atoms with Crippen LogP contribution in [-0.2, 0) is 16.4 Å². The maximum absolute atomic E-state index is 13.4. The van der Waals surface area contributed by atoms with Crippen molar-refractivity contribution in [3.63, 3.8) is 0 Å². The highest BCUT2D eigenvalue weighted by atomic mass is 127. The quantitative estimate of drug-likeness (QED) is 0.132. The average molecular weight is 476 g/mol. The second-order valence-corrected chi connectivity index (χ2v) is 8.70. The molecule has 0 amide bonds. The van der Waals surface area contributed by atoms with Gasteiger partial charge in [0.05, 0.1) is 10.6 Å². The third-order valence-electron chi connectivity index (χ3n) is 3.30. The Balaban J connectivity index is 2.31. The van der Waals surface area contributed by atoms with Crippen LogP contribution in [0.15, 0.2) is 58.4 Å². The molecule has 0 saturated carbocycles. The van der Waals surface area contributed by atoms with Gasteiger partial charge in [0.1, 0.15) is 15.7 Å². The van der Waals surface area contributed by atoms with Crippen molar-refractivity contribution in [1.82, 2.24) is 0 Å². The molecule has 0 fully saturated rings. The van der Waals surface area contributed by atoms with E-state index in [2.05, 4.69) is 27.6 Å². The maximum Gasteiger partial charge on any atom is 0.238 e. The van der Waals surface area contributed by atoms with Crippen molar-refractivity contribution in [3.8, 4) is 0 Å². The number of aliphatic imine (C=N–C) groups is 1. The summed E-state index contributed by atoms with van der Waals surface area (Å²) >= 11 is 2.14. The molecule has 0 aliphatic carbocycles. The van der Waals surface area contributed by atoms with Gasteiger partial charge in [0.2, 0.25) is 10.0 Å². The van der Waals surface area contributed by atoms with Crippen LogP contribution >= 0.6 is 22.6 Å². The molecule has 0 heterocycles. The van der Waals surface area contributed by atoms with Crippen LogP contribution < -0.4 is 16.0 Å². The van der Waals surface area contributed by atoms with Gasteiger partial charge in [-0.05, 0) is 48.9 Å². The predicted octanol–water partition coefficient (Wildman–Crippen LogP) is 2.58. The van der Waals surface area contributed by atoms with Crippen LogP contribution in [-0.4, -0.2) is 18.3 Å². The predicted molar refractivity (Wildman–Crippen MR) is 106 cm³/mol. The summed E-state index contributed by atoms with van der Waals surface area (Å²) in [6.07, 6.45) is 0.332. The Bertz CT molecular complexity index is 870. The molecule has 0 spiro atoms. The summed E-state index contributed by atoms with van der Waals surface area (Å²) in [6, 6.07) is 12.0. The molecular formula is C16H18FIN4O2S. The summed E-state index contributed by atoms with van der Waals surface area (Å²) in [4.78, 5) is 4.48. The second kappa shape index (κ2) is 8.21. The van der Waals surface area contributed by atoms with Gasteiger partial charge < -0.3 is 0 Å². The van der Waals surface area contributed by atoms with Gasteiger partial charge in [-0.15, -0.1) is 0 Å². The number of halogens is 2. The van der Waals surface area contributed by atoms with Crippen LogP contribution in [0.5, 0.6) is 0 Å². The van der Waals surface area contributed by atoms with Crippen LogP contribution in [0, 0.1) is 5.82 Å². The number of rotatable bonds is 5. The minimum absolute atomic E-state index is 0.00414. The number of hydrogen-bond donors (Lipinski definition) is 2. The minimum Gasteiger partial charge on any atom is -0.266 e. The molecular weight excluding hydrogens is 458 g/mol. The van der Waals surface area contributed by atoms with E-state index in [-0.39, 0.29) is 14.8 Å². The molecule has 2 aromatic carbocycles. The maximum atomic E-state index is 13.4. The number of hydrazine groups is 1. The molecule has 1 unspecified atom stereocenters. The highest BCUT2D eigenvalue weighted by Crippen LogP contribution is 2.18. The smallest absolute Gasteiger partial charge is 0.238 e. The summed E-state index contributed by atoms with van der Waals surface area (Å²) in [7, 11) is -3.77. The van der Waals surface area contributed by atoms with Gasteiger partial charge in [0.15, 0.2) is 0 Å². The van der Waals surface area contributed by atoms with Gasteiger partial charge in [-0.1, -0.05) is 34.7 Å². The number of alkyl halides is 1. The summed E-state index contributed by atoms with van der Waals surface area (Å²) in [5, 5.41) is 6.45. The first-order valence-corrected chi connectivity index (χ1v) is 10.1. The topological polar surface area (TPSA) is 102 Å². The van der Waals surface area contributed by atoms with E-state index in [0.29, 0.717) is 17.9 Å². The molecule has 2 rings (SSSR count). The molecule has 2 aromatic rings. The van der Waals surface area contributed by atoms with Gasteiger partial charge >= 0.3 is 0 Å². The van der Waals surface area contributed by atoms with E-state index in [0.717, 1.165) is 5.56 Å². The van der Waals surface area contributed by atoms with E-state index in [9.17, 15) is 12.8 Å². The first-order chi connectivity index (χ1) is 11.7. The van der Waals surface area contributed by atoms with E-state index < -0.39 is 10.0 Å². The molecule has 9 heteroatoms. The summed E-state index contributed by atoms with van der Waals surface area (Å²) in [5.74, 6) is 6.35. The fourth-order valence-corrected chi connectivity index (χ4v) is 3.01. The SMILES string of the molecule is CC(I)/N=C(/Cc1cccc(F)c1)N(N)c1ccc(S(N)(=O)=O)cc1. The average Bonchev–Trinajstić information content (AvgIpc) is 2.52. The van der Waals surface area contributed by atoms with Crippen LogP contribution in [0.4, 0.5) is 10.1 Å². The standard InChI is InChI=1S/C16H18FIN4O2S/c1-11(18)21-16(10-12-3-2-4-13(17)9-12)22(19)14-5-7-15(8-6-14)25(20,23)24/h2-9,11H,10,19H2,1H3,(H2,20,23,24)/b21-16-. The van der Waals surface area contributed by atoms with Crippen molar-refractivity contribution in [1.29, 1.82) is 0 Å². The van der Waals surface area contributed by atoms with Gasteiger partial charge in [-0.25, -0.2) is 23.8 Å². The number of hydrogen-bond acceptors (Lipinski definition) is 4. The van der Waals surface area contributed by atoms with Crippen molar-refractivity contribution >= 4 is 44.1 Å². The Morgan fingerprint density at radius 3 is 2.44 bits per heavy atom. The van der Waals surface area contributed by atoms with Crippen molar-refractivity contribution in [3.05, 3.63) is 59.9 Å². The van der Waals surface area contributed by atoms with Gasteiger partial charge in [0, 0.05) is 6.42 Å². The van der Waals surface area contributed by atoms with E-state index in [1.807, 2.05) is 6.92 Å². The monoisotopic (exact) mass is 476 g/mol. The minimum atomic E-state index is -3.77. The number of primary sulfonamides is 1. The number of nitrogens with zero attached hydrogens (tertiary/aromatic N) is 2. The van der Waals surface area contributed by atoms with Gasteiger partial charge in [0.25, 0.3) is 0 Å². The lowest BCUT2D eigenvalue weighted by atomic mass is 10.1. The zero-order valence-electron chi connectivity index (χ0n) is 13.4. The lowest BCUT2D eigenvalue weighted by molar-refractivity contribution is 0.598. The molecule has 25 heavy (non-hydrogen) atoms. The Morgan fingerprint density at radius 2 is 1.92 bits per heavy atom. The van der Waals surface area contributed by atoms with Gasteiger partial charge in [-0.3, -0.25) is 10.0 Å². The number of nitrogens with two attached hydrogens (primary N) is 2. The Hall–Kier alpha value is -1.56. The highest BCUT2D eigenvalue weighted by Gasteiger charge is 2.14. The van der Waals surface area contributed by atoms with Crippen molar-refractivity contribution in [2.24, 2.45) is 16.0 Å². The first-order valence-electron chi connectivity index (χ1n) is 7.29. The number of sulfonamides is 1. The normalized spacial score (nSPS) is 13.6. The fraction of sp³-hybridized carbons (Fsp3) is 0.188. The molecule has 0 saturated heterocycles. The van der Waals surface area contributed by atoms with Gasteiger partial charge in [-0.2, -0.15) is 0 Å².